The molecule has 0 atom stereocenters. The molecule has 0 aliphatic carbocycles. The predicted octanol–water partition coefficient (Wildman–Crippen LogP) is 3.71. The van der Waals surface area contributed by atoms with Crippen molar-refractivity contribution in [1.29, 1.82) is 0 Å². The van der Waals surface area contributed by atoms with Crippen LogP contribution < -0.4 is 15.4 Å². The minimum atomic E-state index is 0.604. The number of halogens is 1. The lowest BCUT2D eigenvalue weighted by Crippen LogP contribution is -2.36. The van der Waals surface area contributed by atoms with Gasteiger partial charge in [0.15, 0.2) is 5.96 Å². The van der Waals surface area contributed by atoms with Gasteiger partial charge in [-0.25, -0.2) is 4.99 Å². The largest absolute Gasteiger partial charge is 0.496 e. The highest BCUT2D eigenvalue weighted by atomic mass is 79.9. The molecule has 0 aliphatic heterocycles. The Morgan fingerprint density at radius 1 is 1.09 bits per heavy atom. The van der Waals surface area contributed by atoms with Crippen molar-refractivity contribution in [2.75, 3.05) is 13.7 Å². The van der Waals surface area contributed by atoms with Gasteiger partial charge in [0.2, 0.25) is 0 Å². The van der Waals surface area contributed by atoms with Crippen LogP contribution in [0.2, 0.25) is 0 Å². The van der Waals surface area contributed by atoms with Crippen molar-refractivity contribution < 1.29 is 4.74 Å². The molecule has 0 amide bonds. The van der Waals surface area contributed by atoms with Gasteiger partial charge < -0.3 is 15.4 Å². The van der Waals surface area contributed by atoms with E-state index < -0.39 is 0 Å². The van der Waals surface area contributed by atoms with Gasteiger partial charge in [0.25, 0.3) is 0 Å². The molecule has 0 fully saturated rings. The summed E-state index contributed by atoms with van der Waals surface area (Å²) in [7, 11) is 1.66. The Bertz CT molecular complexity index is 644. The van der Waals surface area contributed by atoms with E-state index in [-0.39, 0.29) is 0 Å². The predicted molar refractivity (Wildman–Crippen MR) is 98.8 cm³/mol. The molecular weight excluding hydrogens is 354 g/mol. The second-order valence-electron chi connectivity index (χ2n) is 5.00. The van der Waals surface area contributed by atoms with Gasteiger partial charge in [0, 0.05) is 13.1 Å². The molecule has 2 N–H and O–H groups in total. The van der Waals surface area contributed by atoms with E-state index in [2.05, 4.69) is 50.6 Å². The number of nitrogens with one attached hydrogen (secondary N) is 2. The fraction of sp³-hybridized carbons (Fsp3) is 0.278. The monoisotopic (exact) mass is 375 g/mol. The molecule has 122 valence electrons. The van der Waals surface area contributed by atoms with Crippen LogP contribution in [0.5, 0.6) is 5.75 Å². The summed E-state index contributed by atoms with van der Waals surface area (Å²) in [6, 6.07) is 16.3. The van der Waals surface area contributed by atoms with Crippen LogP contribution in [0.4, 0.5) is 0 Å². The first-order valence-corrected chi connectivity index (χ1v) is 8.40. The first kappa shape index (κ1) is 17.3. The molecule has 0 saturated heterocycles. The van der Waals surface area contributed by atoms with Gasteiger partial charge in [0.05, 0.1) is 18.1 Å². The van der Waals surface area contributed by atoms with Crippen LogP contribution in [0, 0.1) is 0 Å². The maximum atomic E-state index is 5.24. The molecule has 2 aromatic carbocycles. The number of hydrogen-bond acceptors (Lipinski definition) is 2. The number of benzene rings is 2. The summed E-state index contributed by atoms with van der Waals surface area (Å²) in [6.07, 6.45) is 0. The third kappa shape index (κ3) is 5.60. The fourth-order valence-corrected chi connectivity index (χ4v) is 2.69. The lowest BCUT2D eigenvalue weighted by Gasteiger charge is -2.11. The highest BCUT2D eigenvalue weighted by Crippen LogP contribution is 2.25. The molecule has 0 aliphatic rings. The summed E-state index contributed by atoms with van der Waals surface area (Å²) in [5.74, 6) is 1.63. The highest BCUT2D eigenvalue weighted by Gasteiger charge is 2.02. The normalized spacial score (nSPS) is 11.2. The zero-order valence-corrected chi connectivity index (χ0v) is 15.1. The molecule has 5 heteroatoms. The molecular formula is C18H22BrN3O. The van der Waals surface area contributed by atoms with Gasteiger partial charge in [-0.1, -0.05) is 36.4 Å². The van der Waals surface area contributed by atoms with Crippen molar-refractivity contribution >= 4 is 21.9 Å². The van der Waals surface area contributed by atoms with Gasteiger partial charge >= 0.3 is 0 Å². The van der Waals surface area contributed by atoms with E-state index in [1.165, 1.54) is 5.56 Å². The Morgan fingerprint density at radius 3 is 2.52 bits per heavy atom. The van der Waals surface area contributed by atoms with Gasteiger partial charge in [-0.15, -0.1) is 0 Å². The number of guanidine groups is 1. The molecule has 4 nitrogen and oxygen atoms in total. The van der Waals surface area contributed by atoms with Crippen molar-refractivity contribution in [2.24, 2.45) is 4.99 Å². The minimum absolute atomic E-state index is 0.604. The molecule has 0 unspecified atom stereocenters. The van der Waals surface area contributed by atoms with Crippen LogP contribution in [-0.4, -0.2) is 19.6 Å². The van der Waals surface area contributed by atoms with E-state index >= 15 is 0 Å². The average molecular weight is 376 g/mol. The molecule has 2 rings (SSSR count). The second kappa shape index (κ2) is 9.20. The van der Waals surface area contributed by atoms with Crippen molar-refractivity contribution in [1.82, 2.24) is 10.6 Å². The van der Waals surface area contributed by atoms with Gasteiger partial charge in [-0.3, -0.25) is 0 Å². The zero-order valence-electron chi connectivity index (χ0n) is 13.5. The summed E-state index contributed by atoms with van der Waals surface area (Å²) in [5.41, 5.74) is 2.35. The maximum Gasteiger partial charge on any atom is 0.191 e. The lowest BCUT2D eigenvalue weighted by atomic mass is 10.2. The smallest absolute Gasteiger partial charge is 0.191 e. The molecule has 23 heavy (non-hydrogen) atoms. The number of hydrogen-bond donors (Lipinski definition) is 2. The first-order chi connectivity index (χ1) is 11.2. The van der Waals surface area contributed by atoms with Crippen LogP contribution in [-0.2, 0) is 13.1 Å². The minimum Gasteiger partial charge on any atom is -0.496 e. The molecule has 0 aromatic heterocycles. The number of methoxy groups -OCH3 is 1. The van der Waals surface area contributed by atoms with Gasteiger partial charge in [-0.2, -0.15) is 0 Å². The molecule has 0 radical (unpaired) electrons. The summed E-state index contributed by atoms with van der Waals surface area (Å²) in [6.45, 7) is 4.24. The molecule has 0 bridgehead atoms. The number of ether oxygens (including phenoxy) is 1. The summed E-state index contributed by atoms with van der Waals surface area (Å²) in [5, 5.41) is 6.61. The SMILES string of the molecule is CCNC(=NCc1ccc(OC)c(Br)c1)NCc1ccccc1. The van der Waals surface area contributed by atoms with Crippen LogP contribution in [0.3, 0.4) is 0 Å². The Kier molecular flexibility index (Phi) is 6.94. The van der Waals surface area contributed by atoms with E-state index in [0.717, 1.165) is 34.8 Å². The van der Waals surface area contributed by atoms with E-state index in [9.17, 15) is 0 Å². The summed E-state index contributed by atoms with van der Waals surface area (Å²) in [4.78, 5) is 4.63. The van der Waals surface area contributed by atoms with Crippen molar-refractivity contribution in [3.05, 3.63) is 64.1 Å². The highest BCUT2D eigenvalue weighted by molar-refractivity contribution is 9.10. The maximum absolute atomic E-state index is 5.24. The average Bonchev–Trinajstić information content (AvgIpc) is 2.58. The molecule has 0 spiro atoms. The molecule has 0 heterocycles. The van der Waals surface area contributed by atoms with E-state index in [4.69, 9.17) is 4.74 Å². The lowest BCUT2D eigenvalue weighted by molar-refractivity contribution is 0.412. The Hall–Kier alpha value is -2.01. The zero-order chi connectivity index (χ0) is 16.5. The van der Waals surface area contributed by atoms with Crippen molar-refractivity contribution in [2.45, 2.75) is 20.0 Å². The first-order valence-electron chi connectivity index (χ1n) is 7.61. The van der Waals surface area contributed by atoms with Crippen LogP contribution in [0.25, 0.3) is 0 Å². The number of aliphatic imine (C=N–C) groups is 1. The van der Waals surface area contributed by atoms with E-state index in [1.54, 1.807) is 7.11 Å². The van der Waals surface area contributed by atoms with Crippen LogP contribution >= 0.6 is 15.9 Å². The Balaban J connectivity index is 1.99. The quantitative estimate of drug-likeness (QED) is 0.597. The molecule has 0 saturated carbocycles. The Labute approximate surface area is 146 Å². The van der Waals surface area contributed by atoms with Gasteiger partial charge in [-0.05, 0) is 46.1 Å². The van der Waals surface area contributed by atoms with Crippen molar-refractivity contribution in [3.63, 3.8) is 0 Å². The second-order valence-corrected chi connectivity index (χ2v) is 5.86. The molecule has 2 aromatic rings. The van der Waals surface area contributed by atoms with Crippen LogP contribution in [0.1, 0.15) is 18.1 Å². The van der Waals surface area contributed by atoms with Crippen LogP contribution in [0.15, 0.2) is 58.0 Å². The van der Waals surface area contributed by atoms with E-state index in [1.807, 2.05) is 36.4 Å². The number of rotatable bonds is 6. The Morgan fingerprint density at radius 2 is 1.87 bits per heavy atom. The number of nitrogens with zero attached hydrogens (tertiary/aromatic N) is 1. The van der Waals surface area contributed by atoms with Crippen molar-refractivity contribution in [3.8, 4) is 5.75 Å². The topological polar surface area (TPSA) is 45.7 Å². The van der Waals surface area contributed by atoms with Gasteiger partial charge in [0.1, 0.15) is 5.75 Å². The third-order valence-corrected chi connectivity index (χ3v) is 3.90. The van der Waals surface area contributed by atoms with E-state index in [0.29, 0.717) is 6.54 Å². The standard InChI is InChI=1S/C18H22BrN3O/c1-3-20-18(21-12-14-7-5-4-6-8-14)22-13-15-9-10-17(23-2)16(19)11-15/h4-11H,3,12-13H2,1-2H3,(H2,20,21,22). The summed E-state index contributed by atoms with van der Waals surface area (Å²) >= 11 is 3.50. The third-order valence-electron chi connectivity index (χ3n) is 3.28. The fourth-order valence-electron chi connectivity index (χ4n) is 2.10. The summed E-state index contributed by atoms with van der Waals surface area (Å²) < 4.78 is 6.18.